The third-order valence-electron chi connectivity index (χ3n) is 3.20. The van der Waals surface area contributed by atoms with E-state index in [0.717, 1.165) is 5.75 Å². The topological polar surface area (TPSA) is 54.5 Å². The predicted molar refractivity (Wildman–Crippen MR) is 85.8 cm³/mol. The van der Waals surface area contributed by atoms with Crippen LogP contribution < -0.4 is 0 Å². The quantitative estimate of drug-likeness (QED) is 0.761. The number of halogens is 1. The molecule has 0 spiro atoms. The second-order valence-corrected chi connectivity index (χ2v) is 9.79. The lowest BCUT2D eigenvalue weighted by atomic mass is 10.3. The van der Waals surface area contributed by atoms with Crippen molar-refractivity contribution in [2.75, 3.05) is 30.3 Å². The number of hydrogen-bond acceptors (Lipinski definition) is 6. The molecule has 1 aromatic heterocycles. The Bertz CT molecular complexity index is 585. The third kappa shape index (κ3) is 3.76. The molecule has 2 heterocycles. The van der Waals surface area contributed by atoms with E-state index in [0.29, 0.717) is 21.5 Å². The summed E-state index contributed by atoms with van der Waals surface area (Å²) in [5.74, 6) is 1.43. The third-order valence-corrected chi connectivity index (χ3v) is 7.81. The van der Waals surface area contributed by atoms with Crippen molar-refractivity contribution in [3.8, 4) is 0 Å². The normalized spacial score (nSPS) is 21.0. The van der Waals surface area contributed by atoms with E-state index in [2.05, 4.69) is 0 Å². The van der Waals surface area contributed by atoms with Crippen molar-refractivity contribution >= 4 is 50.3 Å². The zero-order valence-electron chi connectivity index (χ0n) is 11.0. The molecule has 0 aliphatic carbocycles. The largest absolute Gasteiger partial charge is 0.292 e. The SMILES string of the molecule is CCS(=O)(=O)C1CSCCN1CC(=O)c1ccc(Cl)s1. The Kier molecular flexibility index (Phi) is 5.53. The van der Waals surface area contributed by atoms with Gasteiger partial charge in [-0.2, -0.15) is 11.8 Å². The molecule has 20 heavy (non-hydrogen) atoms. The Balaban J connectivity index is 2.11. The van der Waals surface area contributed by atoms with E-state index in [4.69, 9.17) is 11.6 Å². The fraction of sp³-hybridized carbons (Fsp3) is 0.583. The molecule has 112 valence electrons. The minimum absolute atomic E-state index is 0.0647. The lowest BCUT2D eigenvalue weighted by molar-refractivity contribution is 0.0932. The number of nitrogens with zero attached hydrogens (tertiary/aromatic N) is 1. The Morgan fingerprint density at radius 1 is 1.50 bits per heavy atom. The molecule has 1 aliphatic heterocycles. The van der Waals surface area contributed by atoms with Crippen molar-refractivity contribution in [1.29, 1.82) is 0 Å². The number of thioether (sulfide) groups is 1. The van der Waals surface area contributed by atoms with Gasteiger partial charge in [0.1, 0.15) is 5.37 Å². The van der Waals surface area contributed by atoms with Gasteiger partial charge in [0.05, 0.1) is 15.8 Å². The summed E-state index contributed by atoms with van der Waals surface area (Å²) in [6.07, 6.45) is 0. The molecule has 0 bridgehead atoms. The van der Waals surface area contributed by atoms with Crippen LogP contribution in [0.2, 0.25) is 4.34 Å². The molecule has 0 N–H and O–H groups in total. The number of sulfone groups is 1. The van der Waals surface area contributed by atoms with Crippen molar-refractivity contribution < 1.29 is 13.2 Å². The van der Waals surface area contributed by atoms with Crippen LogP contribution in [0.1, 0.15) is 16.6 Å². The first kappa shape index (κ1) is 16.3. The van der Waals surface area contributed by atoms with Gasteiger partial charge in [0.15, 0.2) is 15.6 Å². The molecule has 1 aromatic rings. The standard InChI is InChI=1S/C12H16ClNO3S3/c1-2-20(16,17)12-8-18-6-5-14(12)7-9(15)10-3-4-11(13)19-10/h3-4,12H,2,5-8H2,1H3. The van der Waals surface area contributed by atoms with Crippen molar-refractivity contribution in [3.63, 3.8) is 0 Å². The number of hydrogen-bond donors (Lipinski definition) is 0. The molecule has 1 atom stereocenters. The van der Waals surface area contributed by atoms with E-state index in [1.54, 1.807) is 35.7 Å². The summed E-state index contributed by atoms with van der Waals surface area (Å²) in [7, 11) is -3.16. The highest BCUT2D eigenvalue weighted by molar-refractivity contribution is 8.01. The summed E-state index contributed by atoms with van der Waals surface area (Å²) in [4.78, 5) is 14.6. The fourth-order valence-electron chi connectivity index (χ4n) is 2.05. The lowest BCUT2D eigenvalue weighted by Crippen LogP contribution is -2.49. The smallest absolute Gasteiger partial charge is 0.186 e. The molecule has 0 saturated carbocycles. The van der Waals surface area contributed by atoms with Crippen LogP contribution in [0.4, 0.5) is 0 Å². The van der Waals surface area contributed by atoms with Gasteiger partial charge in [-0.25, -0.2) is 8.42 Å². The number of ketones is 1. The molecule has 8 heteroatoms. The van der Waals surface area contributed by atoms with Gasteiger partial charge in [0, 0.05) is 23.8 Å². The van der Waals surface area contributed by atoms with Crippen LogP contribution in [-0.4, -0.2) is 54.8 Å². The average molecular weight is 354 g/mol. The second-order valence-electron chi connectivity index (χ2n) is 4.48. The van der Waals surface area contributed by atoms with Gasteiger partial charge >= 0.3 is 0 Å². The molecule has 1 fully saturated rings. The van der Waals surface area contributed by atoms with Gasteiger partial charge in [-0.05, 0) is 12.1 Å². The first-order valence-electron chi connectivity index (χ1n) is 6.26. The van der Waals surface area contributed by atoms with Gasteiger partial charge in [-0.15, -0.1) is 11.3 Å². The van der Waals surface area contributed by atoms with Crippen LogP contribution in [-0.2, 0) is 9.84 Å². The van der Waals surface area contributed by atoms with Gasteiger partial charge in [-0.3, -0.25) is 9.69 Å². The number of carbonyl (C=O) groups excluding carboxylic acids is 1. The highest BCUT2D eigenvalue weighted by Crippen LogP contribution is 2.25. The summed E-state index contributed by atoms with van der Waals surface area (Å²) in [5.41, 5.74) is 0. The fourth-order valence-corrected chi connectivity index (χ4v) is 6.10. The summed E-state index contributed by atoms with van der Waals surface area (Å²) < 4.78 is 24.8. The minimum atomic E-state index is -3.16. The van der Waals surface area contributed by atoms with Crippen molar-refractivity contribution in [1.82, 2.24) is 4.90 Å². The molecular formula is C12H16ClNO3S3. The van der Waals surface area contributed by atoms with Crippen molar-refractivity contribution in [3.05, 3.63) is 21.3 Å². The van der Waals surface area contributed by atoms with E-state index in [9.17, 15) is 13.2 Å². The Hall–Kier alpha value is -0.0800. The van der Waals surface area contributed by atoms with E-state index in [-0.39, 0.29) is 18.1 Å². The maximum absolute atomic E-state index is 12.2. The molecule has 1 saturated heterocycles. The Morgan fingerprint density at radius 2 is 2.25 bits per heavy atom. The van der Waals surface area contributed by atoms with Crippen LogP contribution in [0.5, 0.6) is 0 Å². The summed E-state index contributed by atoms with van der Waals surface area (Å²) in [6.45, 7) is 2.41. The molecule has 4 nitrogen and oxygen atoms in total. The van der Waals surface area contributed by atoms with Gasteiger partial charge < -0.3 is 0 Å². The van der Waals surface area contributed by atoms with Crippen LogP contribution in [0.3, 0.4) is 0 Å². The van der Waals surface area contributed by atoms with Crippen LogP contribution >= 0.6 is 34.7 Å². The van der Waals surface area contributed by atoms with E-state index in [1.807, 2.05) is 0 Å². The van der Waals surface area contributed by atoms with Gasteiger partial charge in [0.2, 0.25) is 0 Å². The highest BCUT2D eigenvalue weighted by Gasteiger charge is 2.34. The maximum atomic E-state index is 12.2. The average Bonchev–Trinajstić information content (AvgIpc) is 2.86. The van der Waals surface area contributed by atoms with Gasteiger partial charge in [-0.1, -0.05) is 18.5 Å². The van der Waals surface area contributed by atoms with Crippen LogP contribution in [0.25, 0.3) is 0 Å². The van der Waals surface area contributed by atoms with E-state index in [1.165, 1.54) is 11.3 Å². The second kappa shape index (κ2) is 6.79. The highest BCUT2D eigenvalue weighted by atomic mass is 35.5. The zero-order valence-corrected chi connectivity index (χ0v) is 14.2. The Labute approximate surface area is 132 Å². The monoisotopic (exact) mass is 353 g/mol. The number of carbonyl (C=O) groups is 1. The van der Waals surface area contributed by atoms with Crippen LogP contribution in [0.15, 0.2) is 12.1 Å². The van der Waals surface area contributed by atoms with Gasteiger partial charge in [0.25, 0.3) is 0 Å². The first-order valence-corrected chi connectivity index (χ1v) is 10.3. The molecular weight excluding hydrogens is 338 g/mol. The molecule has 1 aliphatic rings. The summed E-state index contributed by atoms with van der Waals surface area (Å²) in [5, 5.41) is -0.550. The lowest BCUT2D eigenvalue weighted by Gasteiger charge is -2.33. The number of rotatable bonds is 5. The molecule has 0 aromatic carbocycles. The van der Waals surface area contributed by atoms with Crippen molar-refractivity contribution in [2.45, 2.75) is 12.3 Å². The maximum Gasteiger partial charge on any atom is 0.186 e. The zero-order chi connectivity index (χ0) is 14.8. The minimum Gasteiger partial charge on any atom is -0.292 e. The molecule has 2 rings (SSSR count). The number of Topliss-reactive ketones (excluding diaryl/α,β-unsaturated/α-hetero) is 1. The summed E-state index contributed by atoms with van der Waals surface area (Å²) >= 11 is 8.68. The predicted octanol–water partition coefficient (Wildman–Crippen LogP) is 2.39. The van der Waals surface area contributed by atoms with E-state index >= 15 is 0 Å². The van der Waals surface area contributed by atoms with Crippen LogP contribution in [0, 0.1) is 0 Å². The molecule has 0 radical (unpaired) electrons. The van der Waals surface area contributed by atoms with E-state index < -0.39 is 15.2 Å². The van der Waals surface area contributed by atoms with Crippen molar-refractivity contribution in [2.24, 2.45) is 0 Å². The Morgan fingerprint density at radius 3 is 2.85 bits per heavy atom. The first-order chi connectivity index (χ1) is 9.44. The molecule has 1 unspecified atom stereocenters. The number of thiophene rings is 1. The molecule has 0 amide bonds. The summed E-state index contributed by atoms with van der Waals surface area (Å²) in [6, 6.07) is 3.38.